The molecule has 62 valence electrons. The van der Waals surface area contributed by atoms with Crippen molar-refractivity contribution in [2.24, 2.45) is 5.73 Å². The van der Waals surface area contributed by atoms with Gasteiger partial charge in [-0.2, -0.15) is 0 Å². The Morgan fingerprint density at radius 2 is 2.25 bits per heavy atom. The summed E-state index contributed by atoms with van der Waals surface area (Å²) in [5.41, 5.74) is 7.30. The van der Waals surface area contributed by atoms with Gasteiger partial charge in [0.05, 0.1) is 0 Å². The predicted octanol–water partition coefficient (Wildman–Crippen LogP) is 1.77. The zero-order valence-corrected chi connectivity index (χ0v) is 6.47. The zero-order valence-electron chi connectivity index (χ0n) is 6.47. The molecule has 3 N–H and O–H groups in total. The lowest BCUT2D eigenvalue weighted by atomic mass is 10.2. The van der Waals surface area contributed by atoms with Crippen LogP contribution in [0.5, 0.6) is 0 Å². The van der Waals surface area contributed by atoms with Crippen molar-refractivity contribution in [2.75, 3.05) is 0 Å². The number of rotatable bonds is 1. The fraction of sp³-hybridized carbons (Fsp3) is 0.111. The number of hydrogen-bond donors (Lipinski definition) is 2. The second kappa shape index (κ2) is 2.60. The van der Waals surface area contributed by atoms with Gasteiger partial charge in [-0.1, -0.05) is 0 Å². The lowest BCUT2D eigenvalue weighted by Crippen LogP contribution is -1.93. The number of halogens is 1. The topological polar surface area (TPSA) is 41.8 Å². The summed E-state index contributed by atoms with van der Waals surface area (Å²) in [5, 5.41) is 0.999. The van der Waals surface area contributed by atoms with E-state index >= 15 is 0 Å². The van der Waals surface area contributed by atoms with Crippen molar-refractivity contribution in [3.8, 4) is 0 Å². The average Bonchev–Trinajstić information content (AvgIpc) is 2.46. The molecule has 0 bridgehead atoms. The van der Waals surface area contributed by atoms with Gasteiger partial charge in [0, 0.05) is 23.6 Å². The molecular formula is C9H9FN2. The van der Waals surface area contributed by atoms with E-state index in [0.717, 1.165) is 16.5 Å². The van der Waals surface area contributed by atoms with E-state index in [2.05, 4.69) is 4.98 Å². The second-order valence-corrected chi connectivity index (χ2v) is 2.71. The van der Waals surface area contributed by atoms with Crippen molar-refractivity contribution in [3.63, 3.8) is 0 Å². The van der Waals surface area contributed by atoms with Crippen molar-refractivity contribution in [3.05, 3.63) is 35.8 Å². The van der Waals surface area contributed by atoms with Crippen molar-refractivity contribution in [2.45, 2.75) is 6.54 Å². The van der Waals surface area contributed by atoms with Crippen LogP contribution in [0.3, 0.4) is 0 Å². The van der Waals surface area contributed by atoms with Crippen molar-refractivity contribution in [1.82, 2.24) is 4.98 Å². The summed E-state index contributed by atoms with van der Waals surface area (Å²) in [5.74, 6) is -0.229. The van der Waals surface area contributed by atoms with Crippen LogP contribution >= 0.6 is 0 Å². The Bertz CT molecular complexity index is 406. The van der Waals surface area contributed by atoms with Gasteiger partial charge in [0.2, 0.25) is 0 Å². The smallest absolute Gasteiger partial charge is 0.125 e. The quantitative estimate of drug-likeness (QED) is 0.662. The van der Waals surface area contributed by atoms with Crippen molar-refractivity contribution in [1.29, 1.82) is 0 Å². The lowest BCUT2D eigenvalue weighted by molar-refractivity contribution is 0.629. The van der Waals surface area contributed by atoms with E-state index in [-0.39, 0.29) is 5.82 Å². The molecule has 0 saturated heterocycles. The SMILES string of the molecule is NCc1c[nH]c2cc(F)ccc12. The first-order valence-electron chi connectivity index (χ1n) is 3.77. The molecule has 0 unspecified atom stereocenters. The third-order valence-electron chi connectivity index (χ3n) is 1.95. The Morgan fingerprint density at radius 1 is 1.42 bits per heavy atom. The monoisotopic (exact) mass is 164 g/mol. The van der Waals surface area contributed by atoms with Crippen molar-refractivity contribution < 1.29 is 4.39 Å². The molecule has 0 aliphatic carbocycles. The Balaban J connectivity index is 2.73. The number of aromatic nitrogens is 1. The van der Waals surface area contributed by atoms with E-state index in [1.54, 1.807) is 6.07 Å². The third-order valence-corrected chi connectivity index (χ3v) is 1.95. The highest BCUT2D eigenvalue weighted by atomic mass is 19.1. The molecule has 0 spiro atoms. The van der Waals surface area contributed by atoms with Crippen LogP contribution in [0.4, 0.5) is 4.39 Å². The van der Waals surface area contributed by atoms with E-state index < -0.39 is 0 Å². The summed E-state index contributed by atoms with van der Waals surface area (Å²) in [6.07, 6.45) is 1.81. The molecule has 0 aliphatic rings. The van der Waals surface area contributed by atoms with E-state index in [9.17, 15) is 4.39 Å². The Kier molecular flexibility index (Phi) is 1.59. The van der Waals surface area contributed by atoms with Gasteiger partial charge in [-0.25, -0.2) is 4.39 Å². The molecule has 1 aromatic heterocycles. The van der Waals surface area contributed by atoms with E-state index in [1.165, 1.54) is 12.1 Å². The molecule has 0 saturated carbocycles. The number of hydrogen-bond acceptors (Lipinski definition) is 1. The Morgan fingerprint density at radius 3 is 3.00 bits per heavy atom. The first kappa shape index (κ1) is 7.31. The molecule has 3 heteroatoms. The van der Waals surface area contributed by atoms with E-state index in [1.807, 2.05) is 6.20 Å². The largest absolute Gasteiger partial charge is 0.361 e. The molecular weight excluding hydrogens is 155 g/mol. The van der Waals surface area contributed by atoms with Gasteiger partial charge in [-0.3, -0.25) is 0 Å². The summed E-state index contributed by atoms with van der Waals surface area (Å²) in [4.78, 5) is 2.96. The Hall–Kier alpha value is -1.35. The number of H-pyrrole nitrogens is 1. The molecule has 2 nitrogen and oxygen atoms in total. The fourth-order valence-electron chi connectivity index (χ4n) is 1.33. The summed E-state index contributed by atoms with van der Waals surface area (Å²) < 4.78 is 12.7. The highest BCUT2D eigenvalue weighted by Crippen LogP contribution is 2.18. The normalized spacial score (nSPS) is 10.8. The minimum absolute atomic E-state index is 0.229. The summed E-state index contributed by atoms with van der Waals surface area (Å²) in [6.45, 7) is 0.478. The molecule has 0 aliphatic heterocycles. The van der Waals surface area contributed by atoms with Crippen LogP contribution in [-0.2, 0) is 6.54 Å². The van der Waals surface area contributed by atoms with Crippen LogP contribution in [0, 0.1) is 5.82 Å². The minimum atomic E-state index is -0.229. The van der Waals surface area contributed by atoms with Gasteiger partial charge in [-0.15, -0.1) is 0 Å². The average molecular weight is 164 g/mol. The maximum absolute atomic E-state index is 12.7. The Labute approximate surface area is 69.2 Å². The molecule has 0 fully saturated rings. The molecule has 0 amide bonds. The number of benzene rings is 1. The van der Waals surface area contributed by atoms with Crippen LogP contribution in [-0.4, -0.2) is 4.98 Å². The third kappa shape index (κ3) is 0.987. The molecule has 1 heterocycles. The summed E-state index contributed by atoms with van der Waals surface area (Å²) in [6, 6.07) is 4.65. The maximum Gasteiger partial charge on any atom is 0.125 e. The zero-order chi connectivity index (χ0) is 8.55. The summed E-state index contributed by atoms with van der Waals surface area (Å²) in [7, 11) is 0. The van der Waals surface area contributed by atoms with Crippen LogP contribution in [0.25, 0.3) is 10.9 Å². The number of fused-ring (bicyclic) bond motifs is 1. The van der Waals surface area contributed by atoms with Crippen molar-refractivity contribution >= 4 is 10.9 Å². The molecule has 12 heavy (non-hydrogen) atoms. The van der Waals surface area contributed by atoms with E-state index in [4.69, 9.17) is 5.73 Å². The molecule has 1 aromatic carbocycles. The summed E-state index contributed by atoms with van der Waals surface area (Å²) >= 11 is 0. The fourth-order valence-corrected chi connectivity index (χ4v) is 1.33. The number of nitrogens with one attached hydrogen (secondary N) is 1. The van der Waals surface area contributed by atoms with Crippen LogP contribution in [0.2, 0.25) is 0 Å². The second-order valence-electron chi connectivity index (χ2n) is 2.71. The molecule has 2 aromatic rings. The van der Waals surface area contributed by atoms with Crippen LogP contribution < -0.4 is 5.73 Å². The standard InChI is InChI=1S/C9H9FN2/c10-7-1-2-8-6(4-11)5-12-9(8)3-7/h1-3,5,12H,4,11H2. The lowest BCUT2D eigenvalue weighted by Gasteiger charge is -1.92. The van der Waals surface area contributed by atoms with Crippen LogP contribution in [0.1, 0.15) is 5.56 Å². The van der Waals surface area contributed by atoms with Gasteiger partial charge >= 0.3 is 0 Å². The van der Waals surface area contributed by atoms with Gasteiger partial charge in [0.15, 0.2) is 0 Å². The first-order valence-corrected chi connectivity index (χ1v) is 3.77. The number of aromatic amines is 1. The molecule has 0 atom stereocenters. The maximum atomic E-state index is 12.7. The van der Waals surface area contributed by atoms with Gasteiger partial charge in [0.1, 0.15) is 5.82 Å². The predicted molar refractivity (Wildman–Crippen MR) is 46.1 cm³/mol. The van der Waals surface area contributed by atoms with Gasteiger partial charge in [0.25, 0.3) is 0 Å². The van der Waals surface area contributed by atoms with Gasteiger partial charge in [-0.05, 0) is 23.8 Å². The van der Waals surface area contributed by atoms with E-state index in [0.29, 0.717) is 6.54 Å². The van der Waals surface area contributed by atoms with Crippen LogP contribution in [0.15, 0.2) is 24.4 Å². The first-order chi connectivity index (χ1) is 5.81. The highest BCUT2D eigenvalue weighted by molar-refractivity contribution is 5.83. The highest BCUT2D eigenvalue weighted by Gasteiger charge is 2.01. The van der Waals surface area contributed by atoms with Gasteiger partial charge < -0.3 is 10.7 Å². The molecule has 0 radical (unpaired) electrons. The number of nitrogens with two attached hydrogens (primary N) is 1. The molecule has 2 rings (SSSR count). The minimum Gasteiger partial charge on any atom is -0.361 e.